The molecule has 0 spiro atoms. The van der Waals surface area contributed by atoms with Crippen LogP contribution in [0.4, 0.5) is 5.95 Å². The van der Waals surface area contributed by atoms with E-state index < -0.39 is 11.9 Å². The van der Waals surface area contributed by atoms with Crippen LogP contribution < -0.4 is 21.5 Å². The molecule has 0 fully saturated rings. The first-order valence-electron chi connectivity index (χ1n) is 9.21. The van der Waals surface area contributed by atoms with E-state index in [4.69, 9.17) is 10.5 Å². The molecule has 1 aliphatic rings. The maximum absolute atomic E-state index is 12.5. The maximum Gasteiger partial charge on any atom is 0.341 e. The van der Waals surface area contributed by atoms with Gasteiger partial charge >= 0.3 is 5.97 Å². The summed E-state index contributed by atoms with van der Waals surface area (Å²) in [6.45, 7) is 1.81. The minimum atomic E-state index is -0.588. The zero-order valence-electron chi connectivity index (χ0n) is 16.3. The maximum atomic E-state index is 12.5. The van der Waals surface area contributed by atoms with E-state index in [-0.39, 0.29) is 30.2 Å². The number of benzene rings is 1. The van der Waals surface area contributed by atoms with E-state index in [0.717, 1.165) is 21.4 Å². The van der Waals surface area contributed by atoms with Gasteiger partial charge in [0.1, 0.15) is 11.8 Å². The number of esters is 1. The van der Waals surface area contributed by atoms with Gasteiger partial charge in [0, 0.05) is 29.0 Å². The van der Waals surface area contributed by atoms with Crippen molar-refractivity contribution in [2.45, 2.75) is 6.92 Å². The summed E-state index contributed by atoms with van der Waals surface area (Å²) in [5, 5.41) is 4.49. The largest absolute Gasteiger partial charge is 0.462 e. The van der Waals surface area contributed by atoms with Crippen molar-refractivity contribution >= 4 is 46.9 Å². The highest BCUT2D eigenvalue weighted by Gasteiger charge is 2.22. The molecule has 0 saturated heterocycles. The molecule has 0 atom stereocenters. The lowest BCUT2D eigenvalue weighted by Crippen LogP contribution is -2.30. The predicted octanol–water partition coefficient (Wildman–Crippen LogP) is 0.360. The third-order valence-corrected chi connectivity index (χ3v) is 5.28. The van der Waals surface area contributed by atoms with Gasteiger partial charge in [0.2, 0.25) is 5.95 Å². The third kappa shape index (κ3) is 4.64. The second-order valence-electron chi connectivity index (χ2n) is 6.09. The van der Waals surface area contributed by atoms with Gasteiger partial charge in [0.25, 0.3) is 5.91 Å². The molecule has 2 aromatic rings. The number of allylic oxidation sites excluding steroid dienone is 1. The average Bonchev–Trinajstić information content (AvgIpc) is 2.77. The summed E-state index contributed by atoms with van der Waals surface area (Å²) in [6.07, 6.45) is 4.99. The van der Waals surface area contributed by atoms with Crippen molar-refractivity contribution in [2.75, 3.05) is 24.2 Å². The summed E-state index contributed by atoms with van der Waals surface area (Å²) < 4.78 is 5.15. The van der Waals surface area contributed by atoms with E-state index in [1.54, 1.807) is 6.92 Å². The lowest BCUT2D eigenvalue weighted by molar-refractivity contribution is -0.113. The molecule has 1 aromatic carbocycles. The Balaban J connectivity index is 2.13. The molecule has 30 heavy (non-hydrogen) atoms. The Labute approximate surface area is 176 Å². The van der Waals surface area contributed by atoms with E-state index in [9.17, 15) is 14.4 Å². The molecule has 0 aliphatic carbocycles. The standard InChI is InChI=1S/C21H20N4O4S/c1-2-29-20(28)16-12-23-21(25-19(27)14(11-22)7-9-26)24-17(16)18-15-6-4-3-5-13(15)8-10-30-18/h3-9,12H,2,10-11,22H2,1H3,(H,23,24,25,27)/b14-7-. The Morgan fingerprint density at radius 2 is 2.13 bits per heavy atom. The fraction of sp³-hybridized carbons (Fsp3) is 0.190. The van der Waals surface area contributed by atoms with Crippen LogP contribution in [0.3, 0.4) is 0 Å². The first-order chi connectivity index (χ1) is 14.6. The van der Waals surface area contributed by atoms with E-state index >= 15 is 0 Å². The zero-order valence-corrected chi connectivity index (χ0v) is 17.1. The van der Waals surface area contributed by atoms with Gasteiger partial charge in [0.15, 0.2) is 0 Å². The number of ether oxygens (including phenoxy) is 1. The first-order valence-corrected chi connectivity index (χ1v) is 10.2. The Morgan fingerprint density at radius 3 is 2.87 bits per heavy atom. The molecule has 3 N–H and O–H groups in total. The van der Waals surface area contributed by atoms with Gasteiger partial charge in [-0.25, -0.2) is 14.8 Å². The molecule has 0 saturated carbocycles. The monoisotopic (exact) mass is 424 g/mol. The smallest absolute Gasteiger partial charge is 0.341 e. The van der Waals surface area contributed by atoms with E-state index in [2.05, 4.69) is 21.4 Å². The van der Waals surface area contributed by atoms with E-state index in [1.807, 2.05) is 24.3 Å². The number of carbonyl (C=O) groups excluding carboxylic acids is 3. The number of fused-ring (bicyclic) bond motifs is 1. The number of amides is 1. The van der Waals surface area contributed by atoms with Gasteiger partial charge < -0.3 is 10.5 Å². The second kappa shape index (κ2) is 9.95. The summed E-state index contributed by atoms with van der Waals surface area (Å²) in [7, 11) is 0. The minimum absolute atomic E-state index is 0.00608. The SMILES string of the molecule is CCOC(=O)c1cnc(NC(=O)/C(=C\C=O)CN)nc1C1=c2ccccc2=CCS1. The van der Waals surface area contributed by atoms with Crippen LogP contribution in [0.1, 0.15) is 23.0 Å². The van der Waals surface area contributed by atoms with Crippen LogP contribution >= 0.6 is 11.8 Å². The third-order valence-electron chi connectivity index (χ3n) is 4.24. The number of hydrogen-bond donors (Lipinski definition) is 2. The van der Waals surface area contributed by atoms with Crippen molar-refractivity contribution in [3.63, 3.8) is 0 Å². The summed E-state index contributed by atoms with van der Waals surface area (Å²) in [6, 6.07) is 7.78. The summed E-state index contributed by atoms with van der Waals surface area (Å²) in [5.41, 5.74) is 6.18. The number of carbonyl (C=O) groups is 3. The molecule has 0 radical (unpaired) electrons. The van der Waals surface area contributed by atoms with Crippen LogP contribution in [0.15, 0.2) is 42.1 Å². The van der Waals surface area contributed by atoms with Gasteiger partial charge in [-0.3, -0.25) is 14.9 Å². The molecule has 0 bridgehead atoms. The molecule has 1 aromatic heterocycles. The number of rotatable bonds is 7. The Morgan fingerprint density at radius 1 is 1.33 bits per heavy atom. The Bertz CT molecular complexity index is 1140. The summed E-state index contributed by atoms with van der Waals surface area (Å²) in [5.74, 6) is -0.434. The van der Waals surface area contributed by atoms with Crippen LogP contribution in [-0.2, 0) is 14.3 Å². The van der Waals surface area contributed by atoms with E-state index in [0.29, 0.717) is 17.7 Å². The fourth-order valence-electron chi connectivity index (χ4n) is 2.84. The van der Waals surface area contributed by atoms with Gasteiger partial charge in [-0.05, 0) is 23.4 Å². The fourth-order valence-corrected chi connectivity index (χ4v) is 3.91. The normalized spacial score (nSPS) is 13.1. The molecule has 8 nitrogen and oxygen atoms in total. The number of nitrogens with zero attached hydrogens (tertiary/aromatic N) is 2. The second-order valence-corrected chi connectivity index (χ2v) is 7.12. The summed E-state index contributed by atoms with van der Waals surface area (Å²) in [4.78, 5) is 44.8. The van der Waals surface area contributed by atoms with Crippen LogP contribution in [0.2, 0.25) is 0 Å². The highest BCUT2D eigenvalue weighted by atomic mass is 32.2. The van der Waals surface area contributed by atoms with Crippen LogP contribution in [0, 0.1) is 0 Å². The molecular weight excluding hydrogens is 404 g/mol. The van der Waals surface area contributed by atoms with E-state index in [1.165, 1.54) is 18.0 Å². The van der Waals surface area contributed by atoms with Crippen molar-refractivity contribution in [1.29, 1.82) is 0 Å². The topological polar surface area (TPSA) is 124 Å². The molecule has 1 amide bonds. The van der Waals surface area contributed by atoms with Crippen molar-refractivity contribution in [3.8, 4) is 0 Å². The minimum Gasteiger partial charge on any atom is -0.462 e. The van der Waals surface area contributed by atoms with Crippen molar-refractivity contribution in [3.05, 3.63) is 63.8 Å². The van der Waals surface area contributed by atoms with Crippen molar-refractivity contribution in [1.82, 2.24) is 9.97 Å². The molecule has 2 heterocycles. The zero-order chi connectivity index (χ0) is 21.5. The average molecular weight is 424 g/mol. The molecule has 1 aliphatic heterocycles. The first kappa shape index (κ1) is 21.4. The number of nitrogens with two attached hydrogens (primary N) is 1. The van der Waals surface area contributed by atoms with Gasteiger partial charge in [-0.1, -0.05) is 30.3 Å². The van der Waals surface area contributed by atoms with Crippen LogP contribution in [0.25, 0.3) is 11.0 Å². The highest BCUT2D eigenvalue weighted by Crippen LogP contribution is 2.28. The molecular formula is C21H20N4O4S. The number of thioether (sulfide) groups is 1. The number of anilines is 1. The highest BCUT2D eigenvalue weighted by molar-refractivity contribution is 8.08. The predicted molar refractivity (Wildman–Crippen MR) is 115 cm³/mol. The van der Waals surface area contributed by atoms with Gasteiger partial charge in [-0.15, -0.1) is 11.8 Å². The molecule has 154 valence electrons. The molecule has 9 heteroatoms. The number of aldehydes is 1. The number of nitrogens with one attached hydrogen (secondary N) is 1. The molecule has 0 unspecified atom stereocenters. The van der Waals surface area contributed by atoms with Crippen LogP contribution in [-0.4, -0.2) is 47.0 Å². The van der Waals surface area contributed by atoms with Crippen LogP contribution in [0.5, 0.6) is 0 Å². The quantitative estimate of drug-likeness (QED) is 0.371. The van der Waals surface area contributed by atoms with Crippen molar-refractivity contribution in [2.24, 2.45) is 5.73 Å². The lowest BCUT2D eigenvalue weighted by atomic mass is 10.1. The lowest BCUT2D eigenvalue weighted by Gasteiger charge is -2.15. The number of aromatic nitrogens is 2. The number of hydrogen-bond acceptors (Lipinski definition) is 8. The van der Waals surface area contributed by atoms with Crippen molar-refractivity contribution < 1.29 is 19.1 Å². The van der Waals surface area contributed by atoms with Gasteiger partial charge in [-0.2, -0.15) is 0 Å². The Kier molecular flexibility index (Phi) is 7.10. The summed E-state index contributed by atoms with van der Waals surface area (Å²) >= 11 is 1.53. The molecule has 3 rings (SSSR count). The Hall–Kier alpha value is -3.30. The van der Waals surface area contributed by atoms with Gasteiger partial charge in [0.05, 0.1) is 12.3 Å².